The quantitative estimate of drug-likeness (QED) is 0.762. The van der Waals surface area contributed by atoms with Gasteiger partial charge in [-0.1, -0.05) is 12.1 Å². The molecule has 1 aromatic carbocycles. The number of para-hydroxylation sites is 2. The van der Waals surface area contributed by atoms with Crippen molar-refractivity contribution in [1.29, 1.82) is 0 Å². The van der Waals surface area contributed by atoms with E-state index in [0.29, 0.717) is 6.54 Å². The number of benzene rings is 1. The predicted molar refractivity (Wildman–Crippen MR) is 71.1 cm³/mol. The Balaban J connectivity index is 2.80. The van der Waals surface area contributed by atoms with E-state index in [1.165, 1.54) is 7.11 Å². The van der Waals surface area contributed by atoms with Gasteiger partial charge in [-0.05, 0) is 19.2 Å². The SMILES string of the molecule is CNC(CN(C)c1ccccc1OC)C(=O)OC. The number of carbonyl (C=O) groups excluding carboxylic acids is 1. The number of ether oxygens (including phenoxy) is 2. The molecule has 5 heteroatoms. The number of methoxy groups -OCH3 is 2. The van der Waals surface area contributed by atoms with Crippen molar-refractivity contribution in [2.45, 2.75) is 6.04 Å². The normalized spacial score (nSPS) is 11.8. The molecule has 0 saturated heterocycles. The second-order valence-electron chi connectivity index (χ2n) is 3.92. The molecule has 0 aliphatic carbocycles. The lowest BCUT2D eigenvalue weighted by Gasteiger charge is -2.25. The fourth-order valence-electron chi connectivity index (χ4n) is 1.74. The van der Waals surface area contributed by atoms with Crippen molar-refractivity contribution < 1.29 is 14.3 Å². The Bertz CT molecular complexity index is 396. The zero-order valence-electron chi connectivity index (χ0n) is 11.3. The minimum Gasteiger partial charge on any atom is -0.495 e. The van der Waals surface area contributed by atoms with E-state index in [0.717, 1.165) is 11.4 Å². The Morgan fingerprint density at radius 1 is 1.39 bits per heavy atom. The molecule has 1 unspecified atom stereocenters. The van der Waals surface area contributed by atoms with Crippen LogP contribution in [0.1, 0.15) is 0 Å². The highest BCUT2D eigenvalue weighted by Gasteiger charge is 2.20. The van der Waals surface area contributed by atoms with E-state index in [4.69, 9.17) is 9.47 Å². The first-order valence-corrected chi connectivity index (χ1v) is 5.73. The molecule has 0 aliphatic heterocycles. The van der Waals surface area contributed by atoms with Gasteiger partial charge in [0, 0.05) is 13.6 Å². The molecular formula is C13H20N2O3. The van der Waals surface area contributed by atoms with Gasteiger partial charge in [-0.2, -0.15) is 0 Å². The second kappa shape index (κ2) is 6.86. The molecule has 0 aliphatic rings. The first-order valence-electron chi connectivity index (χ1n) is 5.73. The van der Waals surface area contributed by atoms with Gasteiger partial charge in [0.05, 0.1) is 19.9 Å². The van der Waals surface area contributed by atoms with Crippen LogP contribution >= 0.6 is 0 Å². The van der Waals surface area contributed by atoms with E-state index < -0.39 is 0 Å². The topological polar surface area (TPSA) is 50.8 Å². The Kier molecular flexibility index (Phi) is 5.45. The second-order valence-corrected chi connectivity index (χ2v) is 3.92. The maximum absolute atomic E-state index is 11.5. The lowest BCUT2D eigenvalue weighted by atomic mass is 10.2. The van der Waals surface area contributed by atoms with Crippen molar-refractivity contribution in [2.75, 3.05) is 39.8 Å². The molecule has 1 N–H and O–H groups in total. The molecular weight excluding hydrogens is 232 g/mol. The van der Waals surface area contributed by atoms with Crippen LogP contribution in [-0.2, 0) is 9.53 Å². The summed E-state index contributed by atoms with van der Waals surface area (Å²) in [4.78, 5) is 13.5. The Morgan fingerprint density at radius 2 is 2.06 bits per heavy atom. The molecule has 100 valence electrons. The van der Waals surface area contributed by atoms with Gasteiger partial charge in [0.2, 0.25) is 0 Å². The van der Waals surface area contributed by atoms with Crippen molar-refractivity contribution >= 4 is 11.7 Å². The molecule has 0 amide bonds. The van der Waals surface area contributed by atoms with Crippen LogP contribution < -0.4 is 15.0 Å². The van der Waals surface area contributed by atoms with Crippen LogP contribution in [0.4, 0.5) is 5.69 Å². The molecule has 0 bridgehead atoms. The van der Waals surface area contributed by atoms with Crippen LogP contribution in [0.15, 0.2) is 24.3 Å². The summed E-state index contributed by atoms with van der Waals surface area (Å²) in [6, 6.07) is 7.30. The van der Waals surface area contributed by atoms with Gasteiger partial charge in [0.25, 0.3) is 0 Å². The van der Waals surface area contributed by atoms with E-state index in [2.05, 4.69) is 5.32 Å². The monoisotopic (exact) mass is 252 g/mol. The van der Waals surface area contributed by atoms with Crippen LogP contribution in [0, 0.1) is 0 Å². The third kappa shape index (κ3) is 3.37. The molecule has 1 rings (SSSR count). The summed E-state index contributed by atoms with van der Waals surface area (Å²) in [6.45, 7) is 0.504. The molecule has 0 spiro atoms. The molecule has 18 heavy (non-hydrogen) atoms. The third-order valence-electron chi connectivity index (χ3n) is 2.79. The maximum atomic E-state index is 11.5. The van der Waals surface area contributed by atoms with Crippen molar-refractivity contribution in [3.05, 3.63) is 24.3 Å². The minimum atomic E-state index is -0.370. The number of anilines is 1. The summed E-state index contributed by atoms with van der Waals surface area (Å²) in [5.41, 5.74) is 0.934. The van der Waals surface area contributed by atoms with Crippen molar-refractivity contribution in [2.24, 2.45) is 0 Å². The van der Waals surface area contributed by atoms with Crippen LogP contribution in [0.3, 0.4) is 0 Å². The third-order valence-corrected chi connectivity index (χ3v) is 2.79. The highest BCUT2D eigenvalue weighted by Crippen LogP contribution is 2.26. The number of likely N-dealkylation sites (N-methyl/N-ethyl adjacent to an activating group) is 2. The standard InChI is InChI=1S/C13H20N2O3/c1-14-10(13(16)18-4)9-15(2)11-7-5-6-8-12(11)17-3/h5-8,10,14H,9H2,1-4H3. The van der Waals surface area contributed by atoms with E-state index in [-0.39, 0.29) is 12.0 Å². The summed E-state index contributed by atoms with van der Waals surface area (Å²) < 4.78 is 10.0. The largest absolute Gasteiger partial charge is 0.495 e. The first-order chi connectivity index (χ1) is 8.63. The fourth-order valence-corrected chi connectivity index (χ4v) is 1.74. The number of hydrogen-bond donors (Lipinski definition) is 1. The number of hydrogen-bond acceptors (Lipinski definition) is 5. The number of nitrogens with one attached hydrogen (secondary N) is 1. The van der Waals surface area contributed by atoms with Crippen molar-refractivity contribution in [3.8, 4) is 5.75 Å². The summed E-state index contributed by atoms with van der Waals surface area (Å²) in [6.07, 6.45) is 0. The predicted octanol–water partition coefficient (Wildman–Crippen LogP) is 0.892. The highest BCUT2D eigenvalue weighted by atomic mass is 16.5. The summed E-state index contributed by atoms with van der Waals surface area (Å²) in [7, 11) is 6.65. The molecule has 0 heterocycles. The van der Waals surface area contributed by atoms with E-state index in [9.17, 15) is 4.79 Å². The fraction of sp³-hybridized carbons (Fsp3) is 0.462. The van der Waals surface area contributed by atoms with Gasteiger partial charge in [-0.15, -0.1) is 0 Å². The van der Waals surface area contributed by atoms with E-state index >= 15 is 0 Å². The first kappa shape index (κ1) is 14.3. The molecule has 0 radical (unpaired) electrons. The molecule has 0 aromatic heterocycles. The molecule has 0 fully saturated rings. The van der Waals surface area contributed by atoms with Crippen LogP contribution in [-0.4, -0.2) is 46.9 Å². The lowest BCUT2D eigenvalue weighted by molar-refractivity contribution is -0.142. The molecule has 0 saturated carbocycles. The van der Waals surface area contributed by atoms with E-state index in [1.807, 2.05) is 36.2 Å². The van der Waals surface area contributed by atoms with Crippen molar-refractivity contribution in [1.82, 2.24) is 5.32 Å². The number of esters is 1. The Morgan fingerprint density at radius 3 is 2.61 bits per heavy atom. The average molecular weight is 252 g/mol. The van der Waals surface area contributed by atoms with Gasteiger partial charge < -0.3 is 19.7 Å². The summed E-state index contributed by atoms with van der Waals surface area (Å²) in [5.74, 6) is 0.499. The van der Waals surface area contributed by atoms with Gasteiger partial charge in [-0.3, -0.25) is 4.79 Å². The van der Waals surface area contributed by atoms with Gasteiger partial charge >= 0.3 is 5.97 Å². The maximum Gasteiger partial charge on any atom is 0.324 e. The van der Waals surface area contributed by atoms with Gasteiger partial charge in [0.1, 0.15) is 11.8 Å². The summed E-state index contributed by atoms with van der Waals surface area (Å²) >= 11 is 0. The zero-order valence-corrected chi connectivity index (χ0v) is 11.3. The Labute approximate surface area is 108 Å². The minimum absolute atomic E-state index is 0.278. The number of carbonyl (C=O) groups is 1. The highest BCUT2D eigenvalue weighted by molar-refractivity contribution is 5.76. The van der Waals surface area contributed by atoms with E-state index in [1.54, 1.807) is 14.2 Å². The summed E-state index contributed by atoms with van der Waals surface area (Å²) in [5, 5.41) is 2.93. The zero-order chi connectivity index (χ0) is 13.5. The molecule has 5 nitrogen and oxygen atoms in total. The van der Waals surface area contributed by atoms with Crippen LogP contribution in [0.5, 0.6) is 5.75 Å². The van der Waals surface area contributed by atoms with Crippen LogP contribution in [0.25, 0.3) is 0 Å². The number of rotatable bonds is 6. The average Bonchev–Trinajstić information content (AvgIpc) is 2.43. The number of nitrogens with zero attached hydrogens (tertiary/aromatic N) is 1. The van der Waals surface area contributed by atoms with Crippen molar-refractivity contribution in [3.63, 3.8) is 0 Å². The van der Waals surface area contributed by atoms with Gasteiger partial charge in [-0.25, -0.2) is 0 Å². The molecule has 1 aromatic rings. The Hall–Kier alpha value is -1.75. The lowest BCUT2D eigenvalue weighted by Crippen LogP contribution is -2.44. The smallest absolute Gasteiger partial charge is 0.324 e. The molecule has 1 atom stereocenters. The van der Waals surface area contributed by atoms with Crippen LogP contribution in [0.2, 0.25) is 0 Å². The van der Waals surface area contributed by atoms with Gasteiger partial charge in [0.15, 0.2) is 0 Å².